The molecule has 2 aliphatic heterocycles. The topological polar surface area (TPSA) is 63.2 Å². The molecule has 2 fully saturated rings. The Morgan fingerprint density at radius 3 is 2.19 bits per heavy atom. The van der Waals surface area contributed by atoms with E-state index in [4.69, 9.17) is 0 Å². The van der Waals surface area contributed by atoms with Gasteiger partial charge in [0.05, 0.1) is 11.5 Å². The van der Waals surface area contributed by atoms with E-state index in [1.165, 1.54) is 0 Å². The van der Waals surface area contributed by atoms with E-state index in [2.05, 4.69) is 5.32 Å². The van der Waals surface area contributed by atoms with Crippen molar-refractivity contribution in [3.8, 4) is 0 Å². The lowest BCUT2D eigenvalue weighted by Crippen LogP contribution is -2.63. The van der Waals surface area contributed by atoms with Crippen molar-refractivity contribution in [2.45, 2.75) is 50.6 Å². The van der Waals surface area contributed by atoms with Gasteiger partial charge in [0.25, 0.3) is 0 Å². The molecule has 0 radical (unpaired) electrons. The van der Waals surface area contributed by atoms with Crippen LogP contribution < -0.4 is 5.32 Å². The van der Waals surface area contributed by atoms with Crippen LogP contribution in [0, 0.1) is 0 Å². The molecular weight excluding hydrogens is 226 g/mol. The first-order chi connectivity index (χ1) is 7.22. The summed E-state index contributed by atoms with van der Waals surface area (Å²) in [6.45, 7) is 4.02. The quantitative estimate of drug-likeness (QED) is 0.681. The van der Waals surface area contributed by atoms with Crippen LogP contribution in [0.2, 0.25) is 0 Å². The number of sulfone groups is 1. The van der Waals surface area contributed by atoms with Gasteiger partial charge in [0.2, 0.25) is 0 Å². The van der Waals surface area contributed by atoms with Crippen molar-refractivity contribution < 1.29 is 13.2 Å². The lowest BCUT2D eigenvalue weighted by molar-refractivity contribution is -0.125. The van der Waals surface area contributed by atoms with E-state index in [1.54, 1.807) is 0 Å². The van der Waals surface area contributed by atoms with E-state index in [-0.39, 0.29) is 28.4 Å². The zero-order valence-electron chi connectivity index (χ0n) is 9.88. The number of Topliss-reactive ketones (excluding diaryl/α,β-unsaturated/α-hetero) is 1. The van der Waals surface area contributed by atoms with E-state index < -0.39 is 9.84 Å². The maximum absolute atomic E-state index is 11.7. The number of piperidine rings is 1. The highest BCUT2D eigenvalue weighted by molar-refractivity contribution is 7.91. The monoisotopic (exact) mass is 245 g/mol. The minimum atomic E-state index is -2.86. The molecule has 16 heavy (non-hydrogen) atoms. The van der Waals surface area contributed by atoms with Gasteiger partial charge in [-0.2, -0.15) is 0 Å². The van der Waals surface area contributed by atoms with Crippen LogP contribution >= 0.6 is 0 Å². The molecule has 2 rings (SSSR count). The minimum Gasteiger partial charge on any atom is -0.305 e. The fraction of sp³-hybridized carbons (Fsp3) is 0.909. The Balaban J connectivity index is 2.17. The maximum atomic E-state index is 11.7. The van der Waals surface area contributed by atoms with Gasteiger partial charge in [-0.1, -0.05) is 0 Å². The summed E-state index contributed by atoms with van der Waals surface area (Å²) in [5.74, 6) is 0.676. The number of hydrogen-bond donors (Lipinski definition) is 1. The van der Waals surface area contributed by atoms with Gasteiger partial charge in [-0.15, -0.1) is 0 Å². The second kappa shape index (κ2) is 3.53. The first-order valence-corrected chi connectivity index (χ1v) is 7.56. The summed E-state index contributed by atoms with van der Waals surface area (Å²) >= 11 is 0. The average molecular weight is 245 g/mol. The van der Waals surface area contributed by atoms with Crippen LogP contribution in [-0.4, -0.2) is 36.8 Å². The lowest BCUT2D eigenvalue weighted by Gasteiger charge is -2.47. The molecule has 0 atom stereocenters. The minimum absolute atomic E-state index is 0.198. The number of carbonyl (C=O) groups is 1. The third-order valence-corrected chi connectivity index (χ3v) is 5.21. The van der Waals surface area contributed by atoms with E-state index in [9.17, 15) is 13.2 Å². The largest absolute Gasteiger partial charge is 0.305 e. The van der Waals surface area contributed by atoms with Gasteiger partial charge in [-0.3, -0.25) is 4.79 Å². The summed E-state index contributed by atoms with van der Waals surface area (Å²) in [4.78, 5) is 11.7. The molecule has 0 unspecified atom stereocenters. The zero-order valence-corrected chi connectivity index (χ0v) is 10.7. The molecule has 4 nitrogen and oxygen atoms in total. The predicted octanol–water partition coefficient (Wildman–Crippen LogP) is 0.665. The molecule has 0 saturated carbocycles. The molecule has 2 aliphatic rings. The summed E-state index contributed by atoms with van der Waals surface area (Å²) in [7, 11) is -2.86. The Bertz CT molecular complexity index is 397. The molecule has 5 heteroatoms. The second-order valence-electron chi connectivity index (χ2n) is 5.83. The Hall–Kier alpha value is -0.420. The third-order valence-electron chi connectivity index (χ3n) is 3.56. The van der Waals surface area contributed by atoms with Gasteiger partial charge in [0.1, 0.15) is 15.6 Å². The highest BCUT2D eigenvalue weighted by atomic mass is 32.2. The summed E-state index contributed by atoms with van der Waals surface area (Å²) in [6.07, 6.45) is 2.18. The molecule has 2 heterocycles. The third kappa shape index (κ3) is 2.46. The first-order valence-electron chi connectivity index (χ1n) is 5.74. The second-order valence-corrected chi connectivity index (χ2v) is 8.14. The fourth-order valence-corrected chi connectivity index (χ4v) is 4.58. The van der Waals surface area contributed by atoms with Crippen LogP contribution in [0.25, 0.3) is 0 Å². The molecule has 0 aliphatic carbocycles. The molecule has 0 aromatic heterocycles. The summed E-state index contributed by atoms with van der Waals surface area (Å²) in [5, 5.41) is 3.49. The number of rotatable bonds is 0. The number of ketones is 1. The van der Waals surface area contributed by atoms with Crippen molar-refractivity contribution >= 4 is 15.6 Å². The van der Waals surface area contributed by atoms with E-state index in [0.717, 1.165) is 0 Å². The van der Waals surface area contributed by atoms with Crippen LogP contribution in [0.5, 0.6) is 0 Å². The lowest BCUT2D eigenvalue weighted by atomic mass is 9.76. The van der Waals surface area contributed by atoms with Gasteiger partial charge >= 0.3 is 0 Å². The van der Waals surface area contributed by atoms with Gasteiger partial charge in [-0.25, -0.2) is 8.42 Å². The van der Waals surface area contributed by atoms with E-state index in [1.807, 2.05) is 13.8 Å². The van der Waals surface area contributed by atoms with Gasteiger partial charge < -0.3 is 5.32 Å². The Kier molecular flexibility index (Phi) is 2.66. The molecule has 2 saturated heterocycles. The van der Waals surface area contributed by atoms with E-state index >= 15 is 0 Å². The molecular formula is C11H19NO3S. The summed E-state index contributed by atoms with van der Waals surface area (Å²) < 4.78 is 22.8. The number of hydrogen-bond acceptors (Lipinski definition) is 4. The molecule has 0 amide bonds. The highest BCUT2D eigenvalue weighted by Gasteiger charge is 2.45. The Labute approximate surface area is 96.7 Å². The fourth-order valence-electron chi connectivity index (χ4n) is 2.97. The molecule has 0 bridgehead atoms. The van der Waals surface area contributed by atoms with Crippen molar-refractivity contribution in [2.24, 2.45) is 0 Å². The van der Waals surface area contributed by atoms with Crippen molar-refractivity contribution in [1.29, 1.82) is 0 Å². The van der Waals surface area contributed by atoms with Crippen LogP contribution in [0.4, 0.5) is 0 Å². The first kappa shape index (κ1) is 12.0. The van der Waals surface area contributed by atoms with Crippen LogP contribution in [-0.2, 0) is 14.6 Å². The molecule has 1 N–H and O–H groups in total. The SMILES string of the molecule is CC1(C)CC(=O)CC2(CCS(=O)(=O)CC2)N1. The van der Waals surface area contributed by atoms with Crippen molar-refractivity contribution in [2.75, 3.05) is 11.5 Å². The molecule has 1 spiro atoms. The highest BCUT2D eigenvalue weighted by Crippen LogP contribution is 2.34. The molecule has 0 aromatic rings. The van der Waals surface area contributed by atoms with Gasteiger partial charge in [0, 0.05) is 23.9 Å². The van der Waals surface area contributed by atoms with E-state index in [0.29, 0.717) is 25.7 Å². The average Bonchev–Trinajstić information content (AvgIpc) is 2.08. The Morgan fingerprint density at radius 1 is 1.12 bits per heavy atom. The van der Waals surface area contributed by atoms with Crippen LogP contribution in [0.15, 0.2) is 0 Å². The number of carbonyl (C=O) groups excluding carboxylic acids is 1. The summed E-state index contributed by atoms with van der Waals surface area (Å²) in [6, 6.07) is 0. The van der Waals surface area contributed by atoms with Crippen LogP contribution in [0.3, 0.4) is 0 Å². The number of nitrogens with one attached hydrogen (secondary N) is 1. The van der Waals surface area contributed by atoms with Crippen molar-refractivity contribution in [1.82, 2.24) is 5.32 Å². The van der Waals surface area contributed by atoms with Crippen molar-refractivity contribution in [3.05, 3.63) is 0 Å². The zero-order chi connectivity index (χ0) is 12.0. The maximum Gasteiger partial charge on any atom is 0.150 e. The predicted molar refractivity (Wildman–Crippen MR) is 62.1 cm³/mol. The summed E-state index contributed by atoms with van der Waals surface area (Å²) in [5.41, 5.74) is -0.458. The normalized spacial score (nSPS) is 31.5. The molecule has 0 aromatic carbocycles. The Morgan fingerprint density at radius 2 is 1.69 bits per heavy atom. The van der Waals surface area contributed by atoms with Gasteiger partial charge in [-0.05, 0) is 26.7 Å². The standard InChI is InChI=1S/C11H19NO3S/c1-10(2)7-9(13)8-11(12-10)3-5-16(14,15)6-4-11/h12H,3-8H2,1-2H3. The van der Waals surface area contributed by atoms with Gasteiger partial charge in [0.15, 0.2) is 0 Å². The smallest absolute Gasteiger partial charge is 0.150 e. The van der Waals surface area contributed by atoms with Crippen LogP contribution in [0.1, 0.15) is 39.5 Å². The van der Waals surface area contributed by atoms with Crippen molar-refractivity contribution in [3.63, 3.8) is 0 Å². The molecule has 92 valence electrons.